The van der Waals surface area contributed by atoms with Crippen molar-refractivity contribution in [3.05, 3.63) is 35.9 Å². The van der Waals surface area contributed by atoms with Gasteiger partial charge in [-0.1, -0.05) is 36.8 Å². The van der Waals surface area contributed by atoms with E-state index >= 15 is 0 Å². The highest BCUT2D eigenvalue weighted by Crippen LogP contribution is 2.27. The minimum absolute atomic E-state index is 0.0390. The van der Waals surface area contributed by atoms with E-state index in [0.717, 1.165) is 26.1 Å². The molecule has 3 fully saturated rings. The molecule has 4 atom stereocenters. The summed E-state index contributed by atoms with van der Waals surface area (Å²) in [7, 11) is 0. The Bertz CT molecular complexity index is 582. The Morgan fingerprint density at radius 1 is 1.28 bits per heavy atom. The molecule has 136 valence electrons. The van der Waals surface area contributed by atoms with Crippen LogP contribution in [0.3, 0.4) is 0 Å². The van der Waals surface area contributed by atoms with Gasteiger partial charge in [-0.2, -0.15) is 0 Å². The normalized spacial score (nSPS) is 33.0. The van der Waals surface area contributed by atoms with Crippen molar-refractivity contribution in [1.82, 2.24) is 21.1 Å². The van der Waals surface area contributed by atoms with Gasteiger partial charge >= 0.3 is 0 Å². The number of morpholine rings is 1. The summed E-state index contributed by atoms with van der Waals surface area (Å²) in [4.78, 5) is 15.0. The highest BCUT2D eigenvalue weighted by molar-refractivity contribution is 5.81. The summed E-state index contributed by atoms with van der Waals surface area (Å²) in [6.07, 6.45) is 3.09. The first-order valence-electron chi connectivity index (χ1n) is 9.46. The van der Waals surface area contributed by atoms with Crippen molar-refractivity contribution in [1.29, 1.82) is 0 Å². The second kappa shape index (κ2) is 7.83. The molecule has 0 radical (unpaired) electrons. The molecular formula is C19H28N4O2. The van der Waals surface area contributed by atoms with Crippen molar-refractivity contribution >= 4 is 5.91 Å². The Kier molecular flexibility index (Phi) is 5.31. The molecular weight excluding hydrogens is 316 g/mol. The van der Waals surface area contributed by atoms with E-state index in [4.69, 9.17) is 4.74 Å². The van der Waals surface area contributed by atoms with E-state index in [-0.39, 0.29) is 18.1 Å². The number of hydrogen-bond donors (Lipinski definition) is 3. The number of rotatable bonds is 4. The van der Waals surface area contributed by atoms with Crippen LogP contribution in [0.4, 0.5) is 0 Å². The molecule has 6 nitrogen and oxygen atoms in total. The second-order valence-electron chi connectivity index (χ2n) is 7.44. The molecule has 2 saturated heterocycles. The summed E-state index contributed by atoms with van der Waals surface area (Å²) in [6.45, 7) is 4.02. The predicted molar refractivity (Wildman–Crippen MR) is 95.7 cm³/mol. The number of nitrogens with one attached hydrogen (secondary N) is 3. The molecule has 0 aromatic heterocycles. The van der Waals surface area contributed by atoms with Gasteiger partial charge in [0.1, 0.15) is 6.10 Å². The lowest BCUT2D eigenvalue weighted by Gasteiger charge is -2.36. The van der Waals surface area contributed by atoms with Crippen LogP contribution in [0.1, 0.15) is 24.8 Å². The average molecular weight is 344 g/mol. The number of hydrogen-bond acceptors (Lipinski definition) is 5. The third-order valence-electron chi connectivity index (χ3n) is 5.68. The minimum Gasteiger partial charge on any atom is -0.366 e. The second-order valence-corrected chi connectivity index (χ2v) is 7.44. The molecule has 1 saturated carbocycles. The van der Waals surface area contributed by atoms with Gasteiger partial charge in [0.2, 0.25) is 0 Å². The lowest BCUT2D eigenvalue weighted by atomic mass is 9.82. The molecule has 4 rings (SSSR count). The molecule has 2 heterocycles. The Morgan fingerprint density at radius 3 is 3.04 bits per heavy atom. The lowest BCUT2D eigenvalue weighted by molar-refractivity contribution is -0.140. The van der Waals surface area contributed by atoms with Crippen molar-refractivity contribution < 1.29 is 9.53 Å². The van der Waals surface area contributed by atoms with Gasteiger partial charge < -0.3 is 10.1 Å². The summed E-state index contributed by atoms with van der Waals surface area (Å²) in [6, 6.07) is 11.0. The fourth-order valence-corrected chi connectivity index (χ4v) is 4.33. The number of ether oxygens (including phenoxy) is 1. The number of fused-ring (bicyclic) bond motifs is 1. The molecule has 4 unspecified atom stereocenters. The van der Waals surface area contributed by atoms with E-state index in [1.54, 1.807) is 0 Å². The molecule has 1 aromatic carbocycles. The van der Waals surface area contributed by atoms with Gasteiger partial charge in [-0.05, 0) is 24.3 Å². The number of amides is 1. The Hall–Kier alpha value is -1.47. The van der Waals surface area contributed by atoms with Gasteiger partial charge in [0.25, 0.3) is 5.91 Å². The molecule has 25 heavy (non-hydrogen) atoms. The number of hydrazine groups is 1. The van der Waals surface area contributed by atoms with Crippen LogP contribution < -0.4 is 16.2 Å². The third kappa shape index (κ3) is 4.03. The number of carbonyl (C=O) groups is 1. The average Bonchev–Trinajstić information content (AvgIpc) is 3.13. The molecule has 1 amide bonds. The van der Waals surface area contributed by atoms with Gasteiger partial charge in [0, 0.05) is 38.3 Å². The summed E-state index contributed by atoms with van der Waals surface area (Å²) in [5.41, 5.74) is 7.86. The topological polar surface area (TPSA) is 65.6 Å². The van der Waals surface area contributed by atoms with Crippen molar-refractivity contribution in [3.63, 3.8) is 0 Å². The van der Waals surface area contributed by atoms with Gasteiger partial charge in [0.15, 0.2) is 0 Å². The zero-order valence-corrected chi connectivity index (χ0v) is 14.6. The van der Waals surface area contributed by atoms with Gasteiger partial charge in [-0.3, -0.25) is 20.5 Å². The Balaban J connectivity index is 1.32. The van der Waals surface area contributed by atoms with E-state index in [9.17, 15) is 4.79 Å². The van der Waals surface area contributed by atoms with E-state index in [0.29, 0.717) is 25.1 Å². The van der Waals surface area contributed by atoms with E-state index in [1.807, 2.05) is 6.07 Å². The van der Waals surface area contributed by atoms with Crippen molar-refractivity contribution in [3.8, 4) is 0 Å². The maximum Gasteiger partial charge on any atom is 0.250 e. The minimum atomic E-state index is -0.368. The Labute approximate surface area is 149 Å². The maximum atomic E-state index is 12.7. The standard InChI is InChI=1S/C19H28N4O2/c24-19(21-16-8-4-7-15-11-20-22-18(15)16)17-13-23(9-10-25-17)12-14-5-2-1-3-6-14/h1-3,5-6,15-18,20,22H,4,7-13H2,(H,21,24). The maximum absolute atomic E-state index is 12.7. The fourth-order valence-electron chi connectivity index (χ4n) is 4.33. The third-order valence-corrected chi connectivity index (χ3v) is 5.68. The fraction of sp³-hybridized carbons (Fsp3) is 0.632. The summed E-state index contributed by atoms with van der Waals surface area (Å²) in [5.74, 6) is 0.665. The van der Waals surface area contributed by atoms with Crippen LogP contribution in [0.2, 0.25) is 0 Å². The van der Waals surface area contributed by atoms with Crippen molar-refractivity contribution in [2.75, 3.05) is 26.2 Å². The van der Waals surface area contributed by atoms with Crippen LogP contribution in [0.15, 0.2) is 30.3 Å². The van der Waals surface area contributed by atoms with Gasteiger partial charge in [0.05, 0.1) is 6.61 Å². The van der Waals surface area contributed by atoms with Crippen LogP contribution in [0, 0.1) is 5.92 Å². The molecule has 6 heteroatoms. The summed E-state index contributed by atoms with van der Waals surface area (Å²) in [5, 5.41) is 3.25. The van der Waals surface area contributed by atoms with Crippen molar-refractivity contribution in [2.24, 2.45) is 5.92 Å². The zero-order valence-electron chi connectivity index (χ0n) is 14.6. The van der Waals surface area contributed by atoms with Gasteiger partial charge in [-0.25, -0.2) is 0 Å². The Morgan fingerprint density at radius 2 is 2.16 bits per heavy atom. The monoisotopic (exact) mass is 344 g/mol. The molecule has 2 aliphatic heterocycles. The van der Waals surface area contributed by atoms with E-state index in [2.05, 4.69) is 45.3 Å². The largest absolute Gasteiger partial charge is 0.366 e. The lowest BCUT2D eigenvalue weighted by Crippen LogP contribution is -2.57. The molecule has 1 aliphatic carbocycles. The predicted octanol–water partition coefficient (Wildman–Crippen LogP) is 0.649. The van der Waals surface area contributed by atoms with E-state index in [1.165, 1.54) is 18.4 Å². The summed E-state index contributed by atoms with van der Waals surface area (Å²) >= 11 is 0. The van der Waals surface area contributed by atoms with E-state index < -0.39 is 0 Å². The van der Waals surface area contributed by atoms with Crippen LogP contribution in [0.5, 0.6) is 0 Å². The number of nitrogens with zero attached hydrogens (tertiary/aromatic N) is 1. The highest BCUT2D eigenvalue weighted by atomic mass is 16.5. The zero-order chi connectivity index (χ0) is 17.1. The first-order valence-corrected chi connectivity index (χ1v) is 9.46. The van der Waals surface area contributed by atoms with Crippen molar-refractivity contribution in [2.45, 2.75) is 44.0 Å². The van der Waals surface area contributed by atoms with Crippen LogP contribution in [-0.4, -0.2) is 55.2 Å². The first-order chi connectivity index (χ1) is 12.3. The van der Waals surface area contributed by atoms with Crippen LogP contribution in [-0.2, 0) is 16.1 Å². The smallest absolute Gasteiger partial charge is 0.250 e. The number of carbonyl (C=O) groups excluding carboxylic acids is 1. The van der Waals surface area contributed by atoms with Gasteiger partial charge in [-0.15, -0.1) is 0 Å². The van der Waals surface area contributed by atoms with Crippen LogP contribution >= 0.6 is 0 Å². The molecule has 3 aliphatic rings. The molecule has 1 aromatic rings. The first kappa shape index (κ1) is 17.0. The molecule has 3 N–H and O–H groups in total. The number of benzene rings is 1. The van der Waals surface area contributed by atoms with Crippen LogP contribution in [0.25, 0.3) is 0 Å². The highest BCUT2D eigenvalue weighted by Gasteiger charge is 2.38. The molecule has 0 bridgehead atoms. The quantitative estimate of drug-likeness (QED) is 0.748. The summed E-state index contributed by atoms with van der Waals surface area (Å²) < 4.78 is 5.77. The molecule has 0 spiro atoms. The SMILES string of the molecule is O=C(NC1CCCC2CNNC21)C1CN(Cc2ccccc2)CCO1.